The van der Waals surface area contributed by atoms with Crippen LogP contribution >= 0.6 is 23.1 Å². The number of thiophene rings is 1. The molecule has 6 heteroatoms. The number of anilines is 1. The number of aromatic nitrogens is 2. The van der Waals surface area contributed by atoms with Crippen molar-refractivity contribution in [2.45, 2.75) is 29.2 Å². The van der Waals surface area contributed by atoms with E-state index in [2.05, 4.69) is 39.7 Å². The van der Waals surface area contributed by atoms with Gasteiger partial charge in [0.05, 0.1) is 0 Å². The summed E-state index contributed by atoms with van der Waals surface area (Å²) in [6.45, 7) is 0. The highest BCUT2D eigenvalue weighted by Gasteiger charge is 2.14. The number of hydrogen-bond acceptors (Lipinski definition) is 6. The summed E-state index contributed by atoms with van der Waals surface area (Å²) in [5, 5.41) is 4.07. The number of nitrogens with one attached hydrogen (secondary N) is 1. The Kier molecular flexibility index (Phi) is 3.29. The van der Waals surface area contributed by atoms with Crippen LogP contribution in [0.5, 0.6) is 0 Å². The van der Waals surface area contributed by atoms with Crippen LogP contribution < -0.4 is 11.3 Å². The molecule has 0 amide bonds. The van der Waals surface area contributed by atoms with E-state index in [4.69, 9.17) is 5.84 Å². The fraction of sp³-hybridized carbons (Fsp3) is 0.200. The number of aryl methyl sites for hydroxylation is 2. The van der Waals surface area contributed by atoms with Crippen molar-refractivity contribution in [1.29, 1.82) is 0 Å². The second-order valence-electron chi connectivity index (χ2n) is 5.02. The van der Waals surface area contributed by atoms with E-state index in [1.165, 1.54) is 35.3 Å². The van der Waals surface area contributed by atoms with Gasteiger partial charge in [-0.1, -0.05) is 17.8 Å². The predicted molar refractivity (Wildman–Crippen MR) is 87.8 cm³/mol. The van der Waals surface area contributed by atoms with Crippen LogP contribution in [-0.2, 0) is 12.8 Å². The van der Waals surface area contributed by atoms with Crippen LogP contribution in [0.2, 0.25) is 0 Å². The molecule has 1 aromatic carbocycles. The van der Waals surface area contributed by atoms with Gasteiger partial charge in [0, 0.05) is 10.3 Å². The lowest BCUT2D eigenvalue weighted by Gasteiger charge is -2.07. The molecule has 0 bridgehead atoms. The second-order valence-corrected chi connectivity index (χ2v) is 6.98. The smallest absolute Gasteiger partial charge is 0.239 e. The van der Waals surface area contributed by atoms with Crippen molar-refractivity contribution in [1.82, 2.24) is 9.97 Å². The lowest BCUT2D eigenvalue weighted by molar-refractivity contribution is 0.911. The maximum Gasteiger partial charge on any atom is 0.239 e. The number of rotatable bonds is 3. The first-order valence-corrected chi connectivity index (χ1v) is 8.54. The normalized spacial score (nSPS) is 13.6. The Morgan fingerprint density at radius 1 is 1.14 bits per heavy atom. The predicted octanol–water partition coefficient (Wildman–Crippen LogP) is 3.62. The lowest BCUT2D eigenvalue weighted by atomic mass is 10.1. The summed E-state index contributed by atoms with van der Waals surface area (Å²) in [4.78, 5) is 11.1. The average molecular weight is 314 g/mol. The number of nitrogens with zero attached hydrogens (tertiary/aromatic N) is 2. The topological polar surface area (TPSA) is 63.8 Å². The fourth-order valence-corrected chi connectivity index (χ4v) is 4.49. The zero-order valence-electron chi connectivity index (χ0n) is 11.3. The Balaban J connectivity index is 1.75. The lowest BCUT2D eigenvalue weighted by Crippen LogP contribution is -2.10. The fourth-order valence-electron chi connectivity index (χ4n) is 2.69. The Labute approximate surface area is 130 Å². The Morgan fingerprint density at radius 2 is 2.05 bits per heavy atom. The van der Waals surface area contributed by atoms with Gasteiger partial charge in [-0.2, -0.15) is 0 Å². The zero-order chi connectivity index (χ0) is 14.2. The van der Waals surface area contributed by atoms with Crippen molar-refractivity contribution < 1.29 is 0 Å². The van der Waals surface area contributed by atoms with Crippen LogP contribution in [-0.4, -0.2) is 9.97 Å². The maximum atomic E-state index is 5.47. The zero-order valence-corrected chi connectivity index (χ0v) is 12.9. The number of hydrogen-bond donors (Lipinski definition) is 2. The van der Waals surface area contributed by atoms with Crippen molar-refractivity contribution in [3.05, 3.63) is 40.8 Å². The maximum absolute atomic E-state index is 5.47. The van der Waals surface area contributed by atoms with Gasteiger partial charge in [-0.15, -0.1) is 11.3 Å². The number of hydrazine groups is 1. The molecule has 3 aromatic rings. The van der Waals surface area contributed by atoms with Gasteiger partial charge in [-0.3, -0.25) is 5.43 Å². The quantitative estimate of drug-likeness (QED) is 0.439. The van der Waals surface area contributed by atoms with E-state index in [-0.39, 0.29) is 0 Å². The average Bonchev–Trinajstić information content (AvgIpc) is 3.14. The summed E-state index contributed by atoms with van der Waals surface area (Å²) < 4.78 is 0. The molecule has 0 fully saturated rings. The van der Waals surface area contributed by atoms with E-state index >= 15 is 0 Å². The molecule has 1 aliphatic carbocycles. The van der Waals surface area contributed by atoms with Gasteiger partial charge in [0.25, 0.3) is 0 Å². The molecule has 0 unspecified atom stereocenters. The van der Waals surface area contributed by atoms with Crippen LogP contribution in [0.3, 0.4) is 0 Å². The summed E-state index contributed by atoms with van der Waals surface area (Å²) in [5.74, 6) is 5.93. The molecule has 2 heterocycles. The minimum atomic E-state index is 0.466. The minimum Gasteiger partial charge on any atom is -0.292 e. The Hall–Kier alpha value is -1.63. The minimum absolute atomic E-state index is 0.466. The number of nitrogens with two attached hydrogens (primary N) is 1. The molecular weight excluding hydrogens is 300 g/mol. The molecule has 21 heavy (non-hydrogen) atoms. The molecule has 4 rings (SSSR count). The summed E-state index contributed by atoms with van der Waals surface area (Å²) in [6.07, 6.45) is 3.67. The van der Waals surface area contributed by atoms with E-state index < -0.39 is 0 Å². The molecule has 106 valence electrons. The number of fused-ring (bicyclic) bond motifs is 2. The van der Waals surface area contributed by atoms with Crippen LogP contribution in [0.15, 0.2) is 39.6 Å². The molecule has 0 atom stereocenters. The van der Waals surface area contributed by atoms with E-state index in [0.717, 1.165) is 15.2 Å². The molecule has 3 N–H and O–H groups in total. The van der Waals surface area contributed by atoms with E-state index in [1.807, 2.05) is 5.38 Å². The molecule has 0 spiro atoms. The largest absolute Gasteiger partial charge is 0.292 e. The van der Waals surface area contributed by atoms with Crippen molar-refractivity contribution in [3.63, 3.8) is 0 Å². The number of benzene rings is 1. The highest BCUT2D eigenvalue weighted by Crippen LogP contribution is 2.36. The van der Waals surface area contributed by atoms with Crippen LogP contribution in [0, 0.1) is 0 Å². The Bertz CT molecular complexity index is 813. The summed E-state index contributed by atoms with van der Waals surface area (Å²) in [7, 11) is 0. The molecule has 0 saturated heterocycles. The van der Waals surface area contributed by atoms with Crippen molar-refractivity contribution in [2.24, 2.45) is 5.84 Å². The first kappa shape index (κ1) is 13.1. The molecule has 2 aromatic heterocycles. The standard InChI is InChI=1S/C15H14N4S2/c16-19-15-17-13-12(6-7-20-13)14(18-15)21-11-5-4-9-2-1-3-10(9)8-11/h4-8H,1-3,16H2,(H,17,18,19). The monoisotopic (exact) mass is 314 g/mol. The third kappa shape index (κ3) is 2.39. The van der Waals surface area contributed by atoms with Gasteiger partial charge >= 0.3 is 0 Å². The summed E-state index contributed by atoms with van der Waals surface area (Å²) in [5.41, 5.74) is 5.52. The van der Waals surface area contributed by atoms with E-state index in [1.54, 1.807) is 23.1 Å². The van der Waals surface area contributed by atoms with Crippen LogP contribution in [0.4, 0.5) is 5.95 Å². The van der Waals surface area contributed by atoms with E-state index in [0.29, 0.717) is 5.95 Å². The van der Waals surface area contributed by atoms with Crippen molar-refractivity contribution in [3.8, 4) is 0 Å². The van der Waals surface area contributed by atoms with Gasteiger partial charge < -0.3 is 0 Å². The first-order valence-electron chi connectivity index (χ1n) is 6.85. The molecule has 0 radical (unpaired) electrons. The molecule has 0 aliphatic heterocycles. The molecule has 4 nitrogen and oxygen atoms in total. The van der Waals surface area contributed by atoms with Gasteiger partial charge in [0.15, 0.2) is 0 Å². The van der Waals surface area contributed by atoms with Gasteiger partial charge in [-0.25, -0.2) is 15.8 Å². The summed E-state index contributed by atoms with van der Waals surface area (Å²) >= 11 is 3.28. The van der Waals surface area contributed by atoms with Crippen molar-refractivity contribution in [2.75, 3.05) is 5.43 Å². The van der Waals surface area contributed by atoms with E-state index in [9.17, 15) is 0 Å². The first-order chi connectivity index (χ1) is 10.3. The third-order valence-electron chi connectivity index (χ3n) is 3.70. The second kappa shape index (κ2) is 5.29. The third-order valence-corrected chi connectivity index (χ3v) is 5.50. The van der Waals surface area contributed by atoms with Gasteiger partial charge in [0.2, 0.25) is 5.95 Å². The molecular formula is C15H14N4S2. The van der Waals surface area contributed by atoms with Crippen LogP contribution in [0.25, 0.3) is 10.2 Å². The van der Waals surface area contributed by atoms with Crippen LogP contribution in [0.1, 0.15) is 17.5 Å². The SMILES string of the molecule is NNc1nc(Sc2ccc3c(c2)CCC3)c2ccsc2n1. The highest BCUT2D eigenvalue weighted by molar-refractivity contribution is 7.99. The Morgan fingerprint density at radius 3 is 2.95 bits per heavy atom. The van der Waals surface area contributed by atoms with Gasteiger partial charge in [0.1, 0.15) is 9.86 Å². The molecule has 1 aliphatic rings. The molecule has 0 saturated carbocycles. The van der Waals surface area contributed by atoms with Gasteiger partial charge in [-0.05, 0) is 54.0 Å². The number of nitrogen functional groups attached to an aromatic ring is 1. The highest BCUT2D eigenvalue weighted by atomic mass is 32.2. The summed E-state index contributed by atoms with van der Waals surface area (Å²) in [6, 6.07) is 8.79. The van der Waals surface area contributed by atoms with Crippen molar-refractivity contribution >= 4 is 39.3 Å².